The number of ether oxygens (including phenoxy) is 1. The second-order valence-corrected chi connectivity index (χ2v) is 9.92. The summed E-state index contributed by atoms with van der Waals surface area (Å²) in [7, 11) is -10.7. The molecule has 0 saturated carbocycles. The van der Waals surface area contributed by atoms with Gasteiger partial charge < -0.3 is 4.74 Å². The van der Waals surface area contributed by atoms with Gasteiger partial charge in [-0.15, -0.1) is 0 Å². The van der Waals surface area contributed by atoms with E-state index in [1.807, 2.05) is 12.1 Å². The Kier molecular flexibility index (Phi) is 5.66. The number of hydrogen-bond acceptors (Lipinski definition) is 1. The van der Waals surface area contributed by atoms with E-state index in [1.165, 1.54) is 21.1 Å². The summed E-state index contributed by atoms with van der Waals surface area (Å²) in [6, 6.07) is 16.8. The first-order valence-corrected chi connectivity index (χ1v) is 11.3. The zero-order valence-corrected chi connectivity index (χ0v) is 16.4. The topological polar surface area (TPSA) is 9.23 Å². The molecule has 0 fully saturated rings. The summed E-state index contributed by atoms with van der Waals surface area (Å²) in [5.41, 5.74) is 0. The van der Waals surface area contributed by atoms with Gasteiger partial charge in [-0.1, -0.05) is 37.6 Å². The van der Waals surface area contributed by atoms with Crippen LogP contribution in [0.15, 0.2) is 69.3 Å². The number of rotatable bonds is 3. The Hall–Kier alpha value is -1.66. The van der Waals surface area contributed by atoms with E-state index in [1.54, 1.807) is 0 Å². The van der Waals surface area contributed by atoms with E-state index in [-0.39, 0.29) is 10.9 Å². The molecule has 0 N–H and O–H groups in total. The zero-order chi connectivity index (χ0) is 20.4. The normalized spacial score (nSPS) is 16.7. The molecule has 9 heteroatoms. The minimum atomic E-state index is -10.7. The average Bonchev–Trinajstić information content (AvgIpc) is 2.54. The van der Waals surface area contributed by atoms with E-state index in [0.717, 1.165) is 17.9 Å². The monoisotopic (exact) mass is 428 g/mol. The summed E-state index contributed by atoms with van der Waals surface area (Å²) in [5, 5.41) is 0. The van der Waals surface area contributed by atoms with Crippen molar-refractivity contribution in [3.63, 3.8) is 0 Å². The van der Waals surface area contributed by atoms with E-state index in [9.17, 15) is 25.2 Å². The predicted molar refractivity (Wildman–Crippen MR) is 99.1 cm³/mol. The van der Waals surface area contributed by atoms with Gasteiger partial charge in [0.1, 0.15) is 15.8 Å². The molecular weight excluding hydrogens is 409 g/mol. The van der Waals surface area contributed by atoms with Crippen LogP contribution in [0.5, 0.6) is 11.5 Å². The fraction of sp³-hybridized carbons (Fsp3) is 0.222. The van der Waals surface area contributed by atoms with Crippen LogP contribution in [0.1, 0.15) is 26.7 Å². The SMILES string of the molecule is CCC/C=C(\C)[S+]1c2ccccc2Oc2ccccc21.F[P-](F)(F)(F)(F)F. The van der Waals surface area contributed by atoms with Crippen molar-refractivity contribution in [3.8, 4) is 11.5 Å². The van der Waals surface area contributed by atoms with E-state index >= 15 is 0 Å². The Morgan fingerprint density at radius 1 is 0.889 bits per heavy atom. The Labute approximate surface area is 156 Å². The summed E-state index contributed by atoms with van der Waals surface area (Å²) >= 11 is 0. The number of unbranched alkanes of at least 4 members (excludes halogenated alkanes) is 1. The summed E-state index contributed by atoms with van der Waals surface area (Å²) in [4.78, 5) is 4.04. The van der Waals surface area contributed by atoms with E-state index in [4.69, 9.17) is 4.74 Å². The molecule has 3 rings (SSSR count). The fourth-order valence-corrected chi connectivity index (χ4v) is 4.69. The van der Waals surface area contributed by atoms with Crippen LogP contribution < -0.4 is 4.74 Å². The first-order chi connectivity index (χ1) is 12.3. The van der Waals surface area contributed by atoms with Crippen LogP contribution in [0.4, 0.5) is 25.2 Å². The summed E-state index contributed by atoms with van der Waals surface area (Å²) in [6.07, 6.45) is 4.71. The molecule has 27 heavy (non-hydrogen) atoms. The molecule has 0 aromatic heterocycles. The van der Waals surface area contributed by atoms with Crippen LogP contribution in [0.2, 0.25) is 0 Å². The van der Waals surface area contributed by atoms with E-state index in [2.05, 4.69) is 56.3 Å². The Bertz CT molecular complexity index is 792. The molecular formula is C18H19F6OPS. The van der Waals surface area contributed by atoms with Gasteiger partial charge >= 0.3 is 33.0 Å². The van der Waals surface area contributed by atoms with Crippen molar-refractivity contribution in [2.45, 2.75) is 36.5 Å². The van der Waals surface area contributed by atoms with Crippen molar-refractivity contribution in [1.82, 2.24) is 0 Å². The van der Waals surface area contributed by atoms with Crippen molar-refractivity contribution < 1.29 is 29.9 Å². The quantitative estimate of drug-likeness (QED) is 0.269. The molecule has 2 aromatic rings. The minimum absolute atomic E-state index is 0.00466. The summed E-state index contributed by atoms with van der Waals surface area (Å²) < 4.78 is 65.2. The third kappa shape index (κ3) is 7.46. The molecule has 0 unspecified atom stereocenters. The van der Waals surface area contributed by atoms with Gasteiger partial charge in [0.25, 0.3) is 0 Å². The number of allylic oxidation sites excluding steroid dienone is 2. The molecule has 0 spiro atoms. The van der Waals surface area contributed by atoms with Gasteiger partial charge in [0, 0.05) is 6.92 Å². The zero-order valence-electron chi connectivity index (χ0n) is 14.6. The second kappa shape index (κ2) is 7.06. The third-order valence-electron chi connectivity index (χ3n) is 3.40. The van der Waals surface area contributed by atoms with Gasteiger partial charge in [-0.25, -0.2) is 0 Å². The summed E-state index contributed by atoms with van der Waals surface area (Å²) in [6.45, 7) is 4.47. The maximum absolute atomic E-state index is 10.7. The number of para-hydroxylation sites is 2. The molecule has 1 aliphatic rings. The van der Waals surface area contributed by atoms with Crippen molar-refractivity contribution in [2.75, 3.05) is 0 Å². The number of benzene rings is 2. The second-order valence-electron chi connectivity index (χ2n) is 5.86. The first kappa shape index (κ1) is 21.6. The summed E-state index contributed by atoms with van der Waals surface area (Å²) in [5.74, 6) is 2.00. The van der Waals surface area contributed by atoms with E-state index in [0.29, 0.717) is 0 Å². The Morgan fingerprint density at radius 3 is 1.70 bits per heavy atom. The standard InChI is InChI=1S/C18H19OS.F6P/c1-3-4-9-14(2)20-17-12-7-5-10-15(17)19-16-11-6-8-13-18(16)20;1-7(2,3,4,5)6/h5-13H,3-4H2,1-2H3;/q+1;-1/b14-9+;. The maximum atomic E-state index is 9.87. The van der Waals surface area contributed by atoms with Gasteiger partial charge in [-0.2, -0.15) is 0 Å². The van der Waals surface area contributed by atoms with Crippen molar-refractivity contribution in [3.05, 3.63) is 59.5 Å². The average molecular weight is 428 g/mol. The van der Waals surface area contributed by atoms with Gasteiger partial charge in [0.2, 0.25) is 9.79 Å². The van der Waals surface area contributed by atoms with Crippen LogP contribution in [0.25, 0.3) is 0 Å². The molecule has 0 atom stereocenters. The number of halogens is 6. The molecule has 0 bridgehead atoms. The molecule has 2 aromatic carbocycles. The van der Waals surface area contributed by atoms with Gasteiger partial charge in [-0.3, -0.25) is 0 Å². The molecule has 0 saturated heterocycles. The predicted octanol–water partition coefficient (Wildman–Crippen LogP) is 8.91. The van der Waals surface area contributed by atoms with E-state index < -0.39 is 7.81 Å². The number of hydrogen-bond donors (Lipinski definition) is 0. The van der Waals surface area contributed by atoms with Gasteiger partial charge in [0.05, 0.1) is 0 Å². The van der Waals surface area contributed by atoms with Gasteiger partial charge in [-0.05, 0) is 36.8 Å². The molecule has 1 nitrogen and oxygen atoms in total. The first-order valence-electron chi connectivity index (χ1n) is 8.09. The third-order valence-corrected chi connectivity index (χ3v) is 5.77. The Morgan fingerprint density at radius 2 is 1.30 bits per heavy atom. The van der Waals surface area contributed by atoms with Crippen molar-refractivity contribution in [2.24, 2.45) is 0 Å². The molecule has 150 valence electrons. The molecule has 0 aliphatic carbocycles. The van der Waals surface area contributed by atoms with Crippen molar-refractivity contribution >= 4 is 18.7 Å². The molecule has 0 radical (unpaired) electrons. The van der Waals surface area contributed by atoms with Gasteiger partial charge in [0.15, 0.2) is 11.5 Å². The fourth-order valence-electron chi connectivity index (χ4n) is 2.42. The van der Waals surface area contributed by atoms with Crippen LogP contribution >= 0.6 is 7.81 Å². The van der Waals surface area contributed by atoms with Crippen LogP contribution in [-0.2, 0) is 10.9 Å². The van der Waals surface area contributed by atoms with Crippen LogP contribution in [0.3, 0.4) is 0 Å². The van der Waals surface area contributed by atoms with Crippen molar-refractivity contribution in [1.29, 1.82) is 0 Å². The molecule has 1 aliphatic heterocycles. The number of fused-ring (bicyclic) bond motifs is 2. The van der Waals surface area contributed by atoms with Crippen LogP contribution in [0, 0.1) is 0 Å². The van der Waals surface area contributed by atoms with Crippen LogP contribution in [-0.4, -0.2) is 0 Å². The molecule has 1 heterocycles. The molecule has 0 amide bonds. The Balaban J connectivity index is 0.000000321.